The van der Waals surface area contributed by atoms with Crippen molar-refractivity contribution in [1.29, 1.82) is 0 Å². The summed E-state index contributed by atoms with van der Waals surface area (Å²) < 4.78 is 31.3. The maximum atomic E-state index is 12.1. The Bertz CT molecular complexity index is 944. The van der Waals surface area contributed by atoms with Gasteiger partial charge >= 0.3 is 5.97 Å². The Balaban J connectivity index is 2.05. The number of hydrogen-bond donors (Lipinski definition) is 2. The van der Waals surface area contributed by atoms with E-state index in [0.717, 1.165) is 0 Å². The van der Waals surface area contributed by atoms with Gasteiger partial charge in [0.2, 0.25) is 15.9 Å². The van der Waals surface area contributed by atoms with Crippen LogP contribution in [0.1, 0.15) is 29.1 Å². The van der Waals surface area contributed by atoms with Gasteiger partial charge in [0.1, 0.15) is 4.88 Å². The highest BCUT2D eigenvalue weighted by atomic mass is 32.2. The van der Waals surface area contributed by atoms with Crippen LogP contribution in [0.25, 0.3) is 6.08 Å². The summed E-state index contributed by atoms with van der Waals surface area (Å²) in [5.41, 5.74) is 1.04. The van der Waals surface area contributed by atoms with Crippen LogP contribution in [-0.2, 0) is 19.6 Å². The van der Waals surface area contributed by atoms with Gasteiger partial charge in [-0.2, -0.15) is 0 Å². The van der Waals surface area contributed by atoms with Crippen molar-refractivity contribution in [1.82, 2.24) is 4.72 Å². The topological polar surface area (TPSA) is 102 Å². The number of hydrogen-bond acceptors (Lipinski definition) is 6. The summed E-state index contributed by atoms with van der Waals surface area (Å²) in [4.78, 5) is 24.1. The zero-order chi connectivity index (χ0) is 20.0. The minimum Gasteiger partial charge on any atom is -0.465 e. The molecule has 0 fully saturated rings. The van der Waals surface area contributed by atoms with E-state index in [4.69, 9.17) is 0 Å². The Morgan fingerprint density at radius 1 is 1.15 bits per heavy atom. The number of benzene rings is 1. The van der Waals surface area contributed by atoms with Crippen LogP contribution in [0.15, 0.2) is 46.7 Å². The second kappa shape index (κ2) is 8.94. The van der Waals surface area contributed by atoms with Crippen molar-refractivity contribution in [2.24, 2.45) is 0 Å². The van der Waals surface area contributed by atoms with Crippen molar-refractivity contribution in [2.45, 2.75) is 24.8 Å². The number of rotatable bonds is 7. The van der Waals surface area contributed by atoms with E-state index in [-0.39, 0.29) is 10.9 Å². The van der Waals surface area contributed by atoms with E-state index in [0.29, 0.717) is 16.1 Å². The molecule has 0 unspecified atom stereocenters. The van der Waals surface area contributed by atoms with Gasteiger partial charge in [-0.15, -0.1) is 11.3 Å². The van der Waals surface area contributed by atoms with Crippen molar-refractivity contribution in [3.8, 4) is 0 Å². The first-order valence-corrected chi connectivity index (χ1v) is 10.4. The monoisotopic (exact) mass is 408 g/mol. The summed E-state index contributed by atoms with van der Waals surface area (Å²) in [5.74, 6) is -0.937. The number of sulfonamides is 1. The molecule has 0 atom stereocenters. The molecule has 0 saturated carbocycles. The van der Waals surface area contributed by atoms with Gasteiger partial charge in [0, 0.05) is 12.1 Å². The molecule has 2 N–H and O–H groups in total. The van der Waals surface area contributed by atoms with Crippen molar-refractivity contribution in [3.05, 3.63) is 52.2 Å². The molecule has 2 aromatic rings. The van der Waals surface area contributed by atoms with E-state index in [9.17, 15) is 18.0 Å². The molecule has 0 aliphatic carbocycles. The average Bonchev–Trinajstić information content (AvgIpc) is 3.06. The van der Waals surface area contributed by atoms with E-state index in [1.807, 2.05) is 0 Å². The SMILES string of the molecule is COC(=O)c1sccc1NC(=O)C=Cc1ccc(S(=O)(=O)NC(C)C)cc1. The van der Waals surface area contributed by atoms with Crippen molar-refractivity contribution < 1.29 is 22.7 Å². The highest BCUT2D eigenvalue weighted by Gasteiger charge is 2.15. The Morgan fingerprint density at radius 3 is 2.41 bits per heavy atom. The maximum Gasteiger partial charge on any atom is 0.350 e. The standard InChI is InChI=1S/C18H20N2O5S2/c1-12(2)20-27(23,24)14-7-4-13(5-8-14)6-9-16(21)19-15-10-11-26-17(15)18(22)25-3/h4-12,20H,1-3H3,(H,19,21). The fourth-order valence-corrected chi connectivity index (χ4v) is 4.16. The Labute approximate surface area is 162 Å². The molecule has 0 aliphatic rings. The Morgan fingerprint density at radius 2 is 1.81 bits per heavy atom. The van der Waals surface area contributed by atoms with Gasteiger partial charge < -0.3 is 10.1 Å². The lowest BCUT2D eigenvalue weighted by molar-refractivity contribution is -0.111. The lowest BCUT2D eigenvalue weighted by Crippen LogP contribution is -2.30. The predicted octanol–water partition coefficient (Wildman–Crippen LogP) is 2.87. The van der Waals surface area contributed by atoms with E-state index >= 15 is 0 Å². The van der Waals surface area contributed by atoms with Gasteiger partial charge in [-0.1, -0.05) is 12.1 Å². The Kier molecular flexibility index (Phi) is 6.89. The van der Waals surface area contributed by atoms with Crippen LogP contribution in [0.4, 0.5) is 5.69 Å². The first-order chi connectivity index (χ1) is 12.7. The van der Waals surface area contributed by atoms with Crippen LogP contribution in [0, 0.1) is 0 Å². The van der Waals surface area contributed by atoms with Crippen LogP contribution in [0.5, 0.6) is 0 Å². The van der Waals surface area contributed by atoms with E-state index in [1.165, 1.54) is 36.7 Å². The van der Waals surface area contributed by atoms with E-state index in [1.54, 1.807) is 43.5 Å². The summed E-state index contributed by atoms with van der Waals surface area (Å²) in [6.07, 6.45) is 2.85. The summed E-state index contributed by atoms with van der Waals surface area (Å²) in [7, 11) is -2.28. The minimum atomic E-state index is -3.55. The third-order valence-electron chi connectivity index (χ3n) is 3.30. The molecule has 1 amide bonds. The molecule has 9 heteroatoms. The number of amides is 1. The molecular weight excluding hydrogens is 388 g/mol. The average molecular weight is 409 g/mol. The van der Waals surface area contributed by atoms with E-state index < -0.39 is 21.9 Å². The van der Waals surface area contributed by atoms with Crippen molar-refractivity contribution in [2.75, 3.05) is 12.4 Å². The number of esters is 1. The zero-order valence-electron chi connectivity index (χ0n) is 15.1. The van der Waals surface area contributed by atoms with Gasteiger partial charge in [-0.3, -0.25) is 4.79 Å². The molecule has 2 rings (SSSR count). The number of carbonyl (C=O) groups is 2. The number of thiophene rings is 1. The smallest absolute Gasteiger partial charge is 0.350 e. The van der Waals surface area contributed by atoms with Crippen LogP contribution in [0.2, 0.25) is 0 Å². The first-order valence-electron chi connectivity index (χ1n) is 8.00. The van der Waals surface area contributed by atoms with Crippen LogP contribution < -0.4 is 10.0 Å². The lowest BCUT2D eigenvalue weighted by atomic mass is 10.2. The molecule has 27 heavy (non-hydrogen) atoms. The van der Waals surface area contributed by atoms with Gasteiger partial charge in [0.15, 0.2) is 0 Å². The molecule has 144 valence electrons. The molecule has 0 spiro atoms. The number of nitrogens with one attached hydrogen (secondary N) is 2. The van der Waals surface area contributed by atoms with Crippen LogP contribution in [-0.4, -0.2) is 33.4 Å². The normalized spacial score (nSPS) is 11.7. The number of anilines is 1. The molecule has 1 aromatic carbocycles. The third-order valence-corrected chi connectivity index (χ3v) is 5.87. The van der Waals surface area contributed by atoms with Gasteiger partial charge in [-0.05, 0) is 49.1 Å². The predicted molar refractivity (Wildman–Crippen MR) is 105 cm³/mol. The number of methoxy groups -OCH3 is 1. The number of carbonyl (C=O) groups excluding carboxylic acids is 2. The summed E-state index contributed by atoms with van der Waals surface area (Å²) in [6.45, 7) is 3.48. The minimum absolute atomic E-state index is 0.152. The maximum absolute atomic E-state index is 12.1. The van der Waals surface area contributed by atoms with E-state index in [2.05, 4.69) is 14.8 Å². The molecule has 7 nitrogen and oxygen atoms in total. The second-order valence-corrected chi connectivity index (χ2v) is 8.45. The molecule has 0 saturated heterocycles. The summed E-state index contributed by atoms with van der Waals surface area (Å²) >= 11 is 1.17. The lowest BCUT2D eigenvalue weighted by Gasteiger charge is -2.09. The van der Waals surface area contributed by atoms with Gasteiger partial charge in [-0.25, -0.2) is 17.9 Å². The quantitative estimate of drug-likeness (QED) is 0.542. The molecule has 0 bridgehead atoms. The molecule has 1 heterocycles. The van der Waals surface area contributed by atoms with Gasteiger partial charge in [0.05, 0.1) is 17.7 Å². The van der Waals surface area contributed by atoms with Crippen LogP contribution >= 0.6 is 11.3 Å². The summed E-state index contributed by atoms with van der Waals surface area (Å²) in [6, 6.07) is 7.55. The fourth-order valence-electron chi connectivity index (χ4n) is 2.14. The van der Waals surface area contributed by atoms with Crippen LogP contribution in [0.3, 0.4) is 0 Å². The molecule has 1 aromatic heterocycles. The van der Waals surface area contributed by atoms with Crippen molar-refractivity contribution in [3.63, 3.8) is 0 Å². The highest BCUT2D eigenvalue weighted by molar-refractivity contribution is 7.89. The van der Waals surface area contributed by atoms with Crippen molar-refractivity contribution >= 4 is 45.0 Å². The van der Waals surface area contributed by atoms with Gasteiger partial charge in [0.25, 0.3) is 0 Å². The summed E-state index contributed by atoms with van der Waals surface area (Å²) in [5, 5.41) is 4.29. The first kappa shape index (κ1) is 20.8. The third kappa shape index (κ3) is 5.75. The molecular formula is C18H20N2O5S2. The molecule has 0 aliphatic heterocycles. The zero-order valence-corrected chi connectivity index (χ0v) is 16.7. The molecule has 0 radical (unpaired) electrons. The number of ether oxygens (including phenoxy) is 1. The highest BCUT2D eigenvalue weighted by Crippen LogP contribution is 2.23. The Hall–Kier alpha value is -2.49. The second-order valence-electron chi connectivity index (χ2n) is 5.82. The fraction of sp³-hybridized carbons (Fsp3) is 0.222. The largest absolute Gasteiger partial charge is 0.465 e.